The third-order valence-corrected chi connectivity index (χ3v) is 8.11. The van der Waals surface area contributed by atoms with E-state index in [0.717, 1.165) is 16.9 Å². The molecule has 0 bridgehead atoms. The van der Waals surface area contributed by atoms with E-state index in [1.54, 1.807) is 6.07 Å². The van der Waals surface area contributed by atoms with E-state index in [1.165, 1.54) is 25.3 Å². The molecule has 1 N–H and O–H groups in total. The number of anilines is 2. The summed E-state index contributed by atoms with van der Waals surface area (Å²) in [7, 11) is 1.36. The molecule has 35 heavy (non-hydrogen) atoms. The van der Waals surface area contributed by atoms with E-state index >= 15 is 0 Å². The number of fused-ring (bicyclic) bond motifs is 7. The number of amides is 3. The molecule has 180 valence electrons. The minimum Gasteiger partial charge on any atom is -0.495 e. The topological polar surface area (TPSA) is 122 Å². The summed E-state index contributed by atoms with van der Waals surface area (Å²) >= 11 is 6.49. The Labute approximate surface area is 204 Å². The second-order valence-electron chi connectivity index (χ2n) is 9.42. The molecular weight excluding hydrogens is 476 g/mol. The molecule has 3 fully saturated rings. The summed E-state index contributed by atoms with van der Waals surface area (Å²) in [5.74, 6) is -3.05. The number of non-ortho nitro benzene ring substituents is 1. The maximum atomic E-state index is 14.1. The van der Waals surface area contributed by atoms with Gasteiger partial charge in [0.05, 0.1) is 34.6 Å². The fraction of sp³-hybridized carbons (Fsp3) is 0.375. The van der Waals surface area contributed by atoms with Crippen LogP contribution in [0.25, 0.3) is 0 Å². The number of nitrogens with one attached hydrogen (secondary N) is 1. The highest BCUT2D eigenvalue weighted by molar-refractivity contribution is 6.35. The summed E-state index contributed by atoms with van der Waals surface area (Å²) in [6.07, 6.45) is 1.43. The zero-order valence-electron chi connectivity index (χ0n) is 18.9. The summed E-state index contributed by atoms with van der Waals surface area (Å²) in [6.45, 7) is 2.43. The summed E-state index contributed by atoms with van der Waals surface area (Å²) < 4.78 is 5.35. The molecule has 10 nitrogen and oxygen atoms in total. The van der Waals surface area contributed by atoms with E-state index in [1.807, 2.05) is 17.9 Å². The van der Waals surface area contributed by atoms with Crippen LogP contribution in [0.1, 0.15) is 24.0 Å². The summed E-state index contributed by atoms with van der Waals surface area (Å²) in [5.41, 5.74) is 0.236. The van der Waals surface area contributed by atoms with Crippen molar-refractivity contribution in [2.45, 2.75) is 31.3 Å². The Morgan fingerprint density at radius 1 is 1.20 bits per heavy atom. The van der Waals surface area contributed by atoms with Crippen molar-refractivity contribution in [2.75, 3.05) is 23.9 Å². The molecule has 4 atom stereocenters. The normalized spacial score (nSPS) is 28.9. The third kappa shape index (κ3) is 2.61. The summed E-state index contributed by atoms with van der Waals surface area (Å²) in [5, 5.41) is 14.7. The minimum atomic E-state index is -1.38. The minimum absolute atomic E-state index is 0.00620. The second-order valence-corrected chi connectivity index (χ2v) is 9.83. The molecule has 0 aromatic heterocycles. The van der Waals surface area contributed by atoms with Gasteiger partial charge in [-0.15, -0.1) is 0 Å². The molecule has 0 aliphatic carbocycles. The van der Waals surface area contributed by atoms with Crippen molar-refractivity contribution in [3.8, 4) is 5.75 Å². The Bertz CT molecular complexity index is 1360. The largest absolute Gasteiger partial charge is 0.495 e. The van der Waals surface area contributed by atoms with Crippen LogP contribution in [0.15, 0.2) is 30.3 Å². The van der Waals surface area contributed by atoms with Gasteiger partial charge in [-0.1, -0.05) is 17.7 Å². The number of benzene rings is 2. The van der Waals surface area contributed by atoms with Crippen molar-refractivity contribution in [1.29, 1.82) is 0 Å². The second kappa shape index (κ2) is 7.25. The van der Waals surface area contributed by atoms with Gasteiger partial charge in [0.15, 0.2) is 0 Å². The number of nitro groups is 1. The molecule has 2 aromatic rings. The van der Waals surface area contributed by atoms with Crippen molar-refractivity contribution in [3.63, 3.8) is 0 Å². The van der Waals surface area contributed by atoms with Crippen LogP contribution in [0.3, 0.4) is 0 Å². The van der Waals surface area contributed by atoms with Gasteiger partial charge in [-0.05, 0) is 44.0 Å². The van der Waals surface area contributed by atoms with E-state index in [2.05, 4.69) is 5.32 Å². The molecule has 0 radical (unpaired) electrons. The maximum absolute atomic E-state index is 14.1. The van der Waals surface area contributed by atoms with E-state index in [0.29, 0.717) is 29.2 Å². The Balaban J connectivity index is 1.57. The molecule has 4 aliphatic rings. The van der Waals surface area contributed by atoms with Crippen LogP contribution in [-0.4, -0.2) is 47.2 Å². The number of halogens is 1. The van der Waals surface area contributed by atoms with Gasteiger partial charge in [0.25, 0.3) is 11.6 Å². The van der Waals surface area contributed by atoms with Gasteiger partial charge in [0, 0.05) is 23.7 Å². The summed E-state index contributed by atoms with van der Waals surface area (Å²) in [6, 6.07) is 7.06. The number of nitrogens with zero attached hydrogens (tertiary/aromatic N) is 3. The van der Waals surface area contributed by atoms with Gasteiger partial charge in [0.2, 0.25) is 11.8 Å². The van der Waals surface area contributed by atoms with E-state index in [9.17, 15) is 24.5 Å². The Kier molecular flexibility index (Phi) is 4.56. The highest BCUT2D eigenvalue weighted by atomic mass is 35.5. The first-order valence-electron chi connectivity index (χ1n) is 11.3. The van der Waals surface area contributed by atoms with Crippen LogP contribution in [0.4, 0.5) is 17.1 Å². The van der Waals surface area contributed by atoms with Gasteiger partial charge in [-0.2, -0.15) is 0 Å². The Hall–Kier alpha value is -3.50. The third-order valence-electron chi connectivity index (χ3n) is 7.81. The van der Waals surface area contributed by atoms with Gasteiger partial charge in [-0.3, -0.25) is 29.4 Å². The average molecular weight is 497 g/mol. The highest BCUT2D eigenvalue weighted by Gasteiger charge is 2.75. The number of carbonyl (C=O) groups is 3. The lowest BCUT2D eigenvalue weighted by molar-refractivity contribution is -0.384. The van der Waals surface area contributed by atoms with Crippen molar-refractivity contribution in [2.24, 2.45) is 11.8 Å². The first-order chi connectivity index (χ1) is 16.7. The zero-order chi connectivity index (χ0) is 24.8. The number of hydrogen-bond donors (Lipinski definition) is 1. The first kappa shape index (κ1) is 22.0. The van der Waals surface area contributed by atoms with Gasteiger partial charge in [0.1, 0.15) is 17.0 Å². The van der Waals surface area contributed by atoms with Crippen LogP contribution in [0, 0.1) is 28.9 Å². The fourth-order valence-electron chi connectivity index (χ4n) is 6.60. The number of aryl methyl sites for hydroxylation is 1. The van der Waals surface area contributed by atoms with Crippen molar-refractivity contribution >= 4 is 46.4 Å². The Morgan fingerprint density at radius 2 is 1.97 bits per heavy atom. The predicted octanol–water partition coefficient (Wildman–Crippen LogP) is 3.00. The predicted molar refractivity (Wildman–Crippen MR) is 125 cm³/mol. The quantitative estimate of drug-likeness (QED) is 0.393. The fourth-order valence-corrected chi connectivity index (χ4v) is 6.92. The molecule has 4 heterocycles. The molecular formula is C24H21ClN4O6. The van der Waals surface area contributed by atoms with Crippen LogP contribution < -0.4 is 15.0 Å². The van der Waals surface area contributed by atoms with E-state index < -0.39 is 34.1 Å². The van der Waals surface area contributed by atoms with Crippen LogP contribution in [0.2, 0.25) is 5.02 Å². The van der Waals surface area contributed by atoms with E-state index in [4.69, 9.17) is 16.3 Å². The molecule has 3 amide bonds. The number of hydrogen-bond acceptors (Lipinski definition) is 7. The Morgan fingerprint density at radius 3 is 2.69 bits per heavy atom. The maximum Gasteiger partial charge on any atom is 0.271 e. The number of methoxy groups -OCH3 is 1. The van der Waals surface area contributed by atoms with Crippen molar-refractivity contribution in [3.05, 3.63) is 56.6 Å². The highest BCUT2D eigenvalue weighted by Crippen LogP contribution is 2.62. The lowest BCUT2D eigenvalue weighted by Crippen LogP contribution is -2.54. The summed E-state index contributed by atoms with van der Waals surface area (Å²) in [4.78, 5) is 55.5. The monoisotopic (exact) mass is 496 g/mol. The van der Waals surface area contributed by atoms with Gasteiger partial charge in [-0.25, -0.2) is 4.90 Å². The van der Waals surface area contributed by atoms with Crippen LogP contribution in [-0.2, 0) is 19.9 Å². The molecule has 11 heteroatoms. The number of rotatable bonds is 3. The number of nitro benzene ring substituents is 1. The van der Waals surface area contributed by atoms with Crippen molar-refractivity contribution < 1.29 is 24.0 Å². The van der Waals surface area contributed by atoms with Crippen LogP contribution in [0.5, 0.6) is 5.75 Å². The SMILES string of the molecule is COc1ccc([N+](=O)[O-])cc1N1C(=O)[C@H]2[C@@H](C1=O)[C@]1(C(=O)Nc3c(Cl)cc(C)cc31)N1CCC[C@@H]21. The van der Waals surface area contributed by atoms with Gasteiger partial charge >= 0.3 is 0 Å². The lowest BCUT2D eigenvalue weighted by Gasteiger charge is -2.36. The molecule has 6 rings (SSSR count). The number of carbonyl (C=O) groups excluding carboxylic acids is 3. The molecule has 1 spiro atoms. The first-order valence-corrected chi connectivity index (χ1v) is 11.7. The molecule has 0 unspecified atom stereocenters. The zero-order valence-corrected chi connectivity index (χ0v) is 19.7. The van der Waals surface area contributed by atoms with E-state index in [-0.39, 0.29) is 29.1 Å². The van der Waals surface area contributed by atoms with Crippen molar-refractivity contribution in [1.82, 2.24) is 4.90 Å². The average Bonchev–Trinajstić information content (AvgIpc) is 3.52. The standard InChI is InChI=1S/C24H21ClN4O6/c1-11-8-13-20(14(25)9-11)26-23(32)24(13)19-18(15-4-3-7-27(15)24)21(30)28(22(19)31)16-10-12(29(33)34)5-6-17(16)35-2/h5-6,8-10,15,18-19H,3-4,7H2,1-2H3,(H,26,32)/t15-,18+,19-,24+/m0/s1. The smallest absolute Gasteiger partial charge is 0.271 e. The lowest BCUT2D eigenvalue weighted by atomic mass is 9.75. The van der Waals surface area contributed by atoms with Crippen LogP contribution >= 0.6 is 11.6 Å². The number of ether oxygens (including phenoxy) is 1. The molecule has 0 saturated carbocycles. The molecule has 4 aliphatic heterocycles. The molecule has 2 aromatic carbocycles. The molecule has 3 saturated heterocycles. The number of imide groups is 1. The van der Waals surface area contributed by atoms with Gasteiger partial charge < -0.3 is 10.1 Å².